The van der Waals surface area contributed by atoms with Crippen LogP contribution >= 0.6 is 0 Å². The molecule has 0 radical (unpaired) electrons. The van der Waals surface area contributed by atoms with Crippen molar-refractivity contribution in [2.75, 3.05) is 23.3 Å². The van der Waals surface area contributed by atoms with Gasteiger partial charge in [0.1, 0.15) is 18.1 Å². The van der Waals surface area contributed by atoms with Gasteiger partial charge in [0.25, 0.3) is 10.0 Å². The van der Waals surface area contributed by atoms with Gasteiger partial charge in [0.05, 0.1) is 23.4 Å². The number of hydrogen-bond donors (Lipinski definition) is 1. The number of hydrogen-bond acceptors (Lipinski definition) is 4. The maximum absolute atomic E-state index is 13.9. The van der Waals surface area contributed by atoms with Crippen molar-refractivity contribution >= 4 is 27.3 Å². The maximum Gasteiger partial charge on any atom is 0.264 e. The third kappa shape index (κ3) is 4.60. The van der Waals surface area contributed by atoms with Crippen LogP contribution in [0.2, 0.25) is 0 Å². The molecule has 156 valence electrons. The summed E-state index contributed by atoms with van der Waals surface area (Å²) in [5.74, 6) is -1.02. The number of methoxy groups -OCH3 is 1. The number of nitrogens with zero attached hydrogens (tertiary/aromatic N) is 1. The lowest BCUT2D eigenvalue weighted by Gasteiger charge is -2.25. The number of para-hydroxylation sites is 3. The third-order valence-corrected chi connectivity index (χ3v) is 6.17. The second-order valence-corrected chi connectivity index (χ2v) is 8.39. The summed E-state index contributed by atoms with van der Waals surface area (Å²) in [6.07, 6.45) is 0. The van der Waals surface area contributed by atoms with Gasteiger partial charge in [-0.05, 0) is 43.3 Å². The summed E-state index contributed by atoms with van der Waals surface area (Å²) in [7, 11) is -2.69. The Morgan fingerprint density at radius 3 is 2.30 bits per heavy atom. The van der Waals surface area contributed by atoms with E-state index in [9.17, 15) is 17.6 Å². The number of nitrogens with one attached hydrogen (secondary N) is 1. The second kappa shape index (κ2) is 8.96. The highest BCUT2D eigenvalue weighted by Crippen LogP contribution is 2.32. The van der Waals surface area contributed by atoms with Crippen LogP contribution in [0.5, 0.6) is 5.75 Å². The van der Waals surface area contributed by atoms with Crippen LogP contribution in [0, 0.1) is 12.7 Å². The monoisotopic (exact) mass is 428 g/mol. The molecular weight excluding hydrogens is 407 g/mol. The zero-order valence-corrected chi connectivity index (χ0v) is 17.3. The van der Waals surface area contributed by atoms with E-state index in [4.69, 9.17) is 4.74 Å². The molecule has 0 unspecified atom stereocenters. The van der Waals surface area contributed by atoms with E-state index in [0.717, 1.165) is 9.87 Å². The molecule has 0 atom stereocenters. The molecule has 3 aromatic carbocycles. The molecule has 3 aromatic rings. The standard InChI is InChI=1S/C22H21FN2O4S/c1-16-11-13-17(14-12-16)30(27,28)25(20-9-5-6-10-21(20)29-2)15-22(26)24-19-8-4-3-7-18(19)23/h3-14H,15H2,1-2H3,(H,24,26). The van der Waals surface area contributed by atoms with E-state index in [0.29, 0.717) is 0 Å². The first-order valence-corrected chi connectivity index (χ1v) is 10.5. The summed E-state index contributed by atoms with van der Waals surface area (Å²) in [5, 5.41) is 2.42. The Hall–Kier alpha value is -3.39. The Morgan fingerprint density at radius 2 is 1.63 bits per heavy atom. The van der Waals surface area contributed by atoms with E-state index in [1.165, 1.54) is 37.4 Å². The lowest BCUT2D eigenvalue weighted by molar-refractivity contribution is -0.114. The highest BCUT2D eigenvalue weighted by Gasteiger charge is 2.29. The molecule has 0 aliphatic rings. The number of aryl methyl sites for hydroxylation is 1. The third-order valence-electron chi connectivity index (χ3n) is 4.40. The van der Waals surface area contributed by atoms with Gasteiger partial charge < -0.3 is 10.1 Å². The van der Waals surface area contributed by atoms with Gasteiger partial charge in [0.2, 0.25) is 5.91 Å². The van der Waals surface area contributed by atoms with Gasteiger partial charge in [-0.15, -0.1) is 0 Å². The van der Waals surface area contributed by atoms with Crippen LogP contribution in [-0.2, 0) is 14.8 Å². The van der Waals surface area contributed by atoms with Crippen molar-refractivity contribution in [3.05, 3.63) is 84.2 Å². The number of sulfonamides is 1. The van der Waals surface area contributed by atoms with Gasteiger partial charge in [-0.3, -0.25) is 9.10 Å². The summed E-state index contributed by atoms with van der Waals surface area (Å²) in [5.41, 5.74) is 1.06. The quantitative estimate of drug-likeness (QED) is 0.618. The average molecular weight is 428 g/mol. The number of anilines is 2. The minimum absolute atomic E-state index is 0.0256. The normalized spacial score (nSPS) is 11.0. The van der Waals surface area contributed by atoms with Gasteiger partial charge in [-0.2, -0.15) is 0 Å². The van der Waals surface area contributed by atoms with E-state index in [1.54, 1.807) is 42.5 Å². The van der Waals surface area contributed by atoms with E-state index in [2.05, 4.69) is 5.32 Å². The smallest absolute Gasteiger partial charge is 0.264 e. The average Bonchev–Trinajstić information content (AvgIpc) is 2.74. The van der Waals surface area contributed by atoms with Crippen LogP contribution in [0.25, 0.3) is 0 Å². The fraction of sp³-hybridized carbons (Fsp3) is 0.136. The van der Waals surface area contributed by atoms with Crippen molar-refractivity contribution in [3.63, 3.8) is 0 Å². The molecule has 0 saturated heterocycles. The number of carbonyl (C=O) groups excluding carboxylic acids is 1. The predicted molar refractivity (Wildman–Crippen MR) is 114 cm³/mol. The van der Waals surface area contributed by atoms with E-state index in [1.807, 2.05) is 6.92 Å². The fourth-order valence-electron chi connectivity index (χ4n) is 2.86. The van der Waals surface area contributed by atoms with Crippen LogP contribution in [-0.4, -0.2) is 28.0 Å². The Labute approximate surface area is 175 Å². The zero-order valence-electron chi connectivity index (χ0n) is 16.5. The van der Waals surface area contributed by atoms with Crippen molar-refractivity contribution in [2.45, 2.75) is 11.8 Å². The first-order chi connectivity index (χ1) is 14.3. The summed E-state index contributed by atoms with van der Waals surface area (Å²) in [6.45, 7) is 1.28. The molecule has 30 heavy (non-hydrogen) atoms. The highest BCUT2D eigenvalue weighted by molar-refractivity contribution is 7.92. The molecule has 3 rings (SSSR count). The first-order valence-electron chi connectivity index (χ1n) is 9.09. The summed E-state index contributed by atoms with van der Waals surface area (Å²) < 4.78 is 46.9. The van der Waals surface area contributed by atoms with E-state index < -0.39 is 28.3 Å². The number of halogens is 1. The number of rotatable bonds is 7. The minimum atomic E-state index is -4.10. The van der Waals surface area contributed by atoms with Crippen molar-refractivity contribution in [2.24, 2.45) is 0 Å². The lowest BCUT2D eigenvalue weighted by Crippen LogP contribution is -2.38. The van der Waals surface area contributed by atoms with Crippen molar-refractivity contribution in [3.8, 4) is 5.75 Å². The number of carbonyl (C=O) groups is 1. The Balaban J connectivity index is 2.00. The maximum atomic E-state index is 13.9. The van der Waals surface area contributed by atoms with Crippen molar-refractivity contribution in [1.29, 1.82) is 0 Å². The molecule has 1 amide bonds. The number of ether oxygens (including phenoxy) is 1. The summed E-state index contributed by atoms with van der Waals surface area (Å²) in [6, 6.07) is 18.4. The molecule has 0 aromatic heterocycles. The van der Waals surface area contributed by atoms with Gasteiger partial charge in [0, 0.05) is 0 Å². The first kappa shape index (κ1) is 21.3. The summed E-state index contributed by atoms with van der Waals surface area (Å²) >= 11 is 0. The molecule has 0 bridgehead atoms. The predicted octanol–water partition coefficient (Wildman–Crippen LogP) is 3.98. The van der Waals surface area contributed by atoms with Crippen LogP contribution in [0.1, 0.15) is 5.56 Å². The highest BCUT2D eigenvalue weighted by atomic mass is 32.2. The largest absolute Gasteiger partial charge is 0.495 e. The molecule has 0 fully saturated rings. The second-order valence-electron chi connectivity index (χ2n) is 6.52. The van der Waals surface area contributed by atoms with Crippen molar-refractivity contribution in [1.82, 2.24) is 0 Å². The topological polar surface area (TPSA) is 75.7 Å². The molecular formula is C22H21FN2O4S. The SMILES string of the molecule is COc1ccccc1N(CC(=O)Nc1ccccc1F)S(=O)(=O)c1ccc(C)cc1. The number of benzene rings is 3. The van der Waals surface area contributed by atoms with Crippen molar-refractivity contribution < 1.29 is 22.3 Å². The van der Waals surface area contributed by atoms with Crippen LogP contribution < -0.4 is 14.4 Å². The van der Waals surface area contributed by atoms with Crippen LogP contribution in [0.15, 0.2) is 77.7 Å². The molecule has 0 heterocycles. The molecule has 0 saturated carbocycles. The van der Waals surface area contributed by atoms with E-state index in [-0.39, 0.29) is 22.0 Å². The van der Waals surface area contributed by atoms with E-state index >= 15 is 0 Å². The van der Waals surface area contributed by atoms with Gasteiger partial charge in [-0.25, -0.2) is 12.8 Å². The molecule has 0 aliphatic heterocycles. The van der Waals surface area contributed by atoms with Crippen LogP contribution in [0.4, 0.5) is 15.8 Å². The number of amides is 1. The Kier molecular flexibility index (Phi) is 6.37. The fourth-order valence-corrected chi connectivity index (χ4v) is 4.29. The van der Waals surface area contributed by atoms with Gasteiger partial charge in [0.15, 0.2) is 0 Å². The molecule has 6 nitrogen and oxygen atoms in total. The molecule has 8 heteroatoms. The van der Waals surface area contributed by atoms with Gasteiger partial charge >= 0.3 is 0 Å². The molecule has 0 aliphatic carbocycles. The van der Waals surface area contributed by atoms with Crippen LogP contribution in [0.3, 0.4) is 0 Å². The summed E-state index contributed by atoms with van der Waals surface area (Å²) in [4.78, 5) is 12.7. The van der Waals surface area contributed by atoms with Gasteiger partial charge in [-0.1, -0.05) is 42.0 Å². The Morgan fingerprint density at radius 1 is 1.00 bits per heavy atom. The zero-order chi connectivity index (χ0) is 21.7. The lowest BCUT2D eigenvalue weighted by atomic mass is 10.2. The Bertz CT molecular complexity index is 1150. The molecule has 0 spiro atoms. The minimum Gasteiger partial charge on any atom is -0.495 e. The molecule has 1 N–H and O–H groups in total.